The molecule has 88 valence electrons. The van der Waals surface area contributed by atoms with E-state index in [2.05, 4.69) is 5.32 Å². The minimum atomic E-state index is -0.391. The van der Waals surface area contributed by atoms with Gasteiger partial charge in [0.15, 0.2) is 0 Å². The van der Waals surface area contributed by atoms with E-state index in [-0.39, 0.29) is 5.82 Å². The predicted molar refractivity (Wildman–Crippen MR) is 62.4 cm³/mol. The highest BCUT2D eigenvalue weighted by molar-refractivity contribution is 5.21. The van der Waals surface area contributed by atoms with Crippen LogP contribution in [0.15, 0.2) is 30.4 Å². The molecule has 1 aromatic rings. The Morgan fingerprint density at radius 3 is 2.81 bits per heavy atom. The Labute approximate surface area is 95.2 Å². The third-order valence-corrected chi connectivity index (χ3v) is 2.25. The van der Waals surface area contributed by atoms with Crippen LogP contribution in [0, 0.1) is 11.6 Å². The van der Waals surface area contributed by atoms with Gasteiger partial charge in [-0.15, -0.1) is 0 Å². The quantitative estimate of drug-likeness (QED) is 0.579. The summed E-state index contributed by atoms with van der Waals surface area (Å²) in [5.74, 6) is -0.741. The van der Waals surface area contributed by atoms with Crippen LogP contribution in [-0.4, -0.2) is 13.1 Å². The van der Waals surface area contributed by atoms with E-state index in [9.17, 15) is 8.78 Å². The lowest BCUT2D eigenvalue weighted by Gasteiger charge is -1.99. The van der Waals surface area contributed by atoms with Gasteiger partial charge in [-0.25, -0.2) is 8.78 Å². The smallest absolute Gasteiger partial charge is 0.126 e. The number of allylic oxidation sites excluding steroid dienone is 1. The van der Waals surface area contributed by atoms with Gasteiger partial charge in [0.2, 0.25) is 0 Å². The number of hydrogen-bond acceptors (Lipinski definition) is 1. The van der Waals surface area contributed by atoms with E-state index >= 15 is 0 Å². The van der Waals surface area contributed by atoms with E-state index in [1.54, 1.807) is 0 Å². The van der Waals surface area contributed by atoms with Gasteiger partial charge in [0.1, 0.15) is 11.6 Å². The van der Waals surface area contributed by atoms with E-state index in [1.807, 2.05) is 19.1 Å². The molecule has 0 bridgehead atoms. The molecule has 0 spiro atoms. The SMILES string of the molecule is CCNCCC=CCc1cc(F)ccc1F. The molecule has 0 unspecified atom stereocenters. The summed E-state index contributed by atoms with van der Waals surface area (Å²) in [4.78, 5) is 0. The first kappa shape index (κ1) is 12.8. The first-order chi connectivity index (χ1) is 7.74. The molecule has 0 aliphatic heterocycles. The minimum absolute atomic E-state index is 0.349. The average Bonchev–Trinajstić information content (AvgIpc) is 2.28. The van der Waals surface area contributed by atoms with Crippen LogP contribution in [0.2, 0.25) is 0 Å². The molecule has 0 heterocycles. The summed E-state index contributed by atoms with van der Waals surface area (Å²) in [6.45, 7) is 3.91. The summed E-state index contributed by atoms with van der Waals surface area (Å²) in [5, 5.41) is 3.18. The predicted octanol–water partition coefficient (Wildman–Crippen LogP) is 3.06. The first-order valence-electron chi connectivity index (χ1n) is 5.53. The summed E-state index contributed by atoms with van der Waals surface area (Å²) in [6.07, 6.45) is 5.20. The Hall–Kier alpha value is -1.22. The molecule has 0 aromatic heterocycles. The van der Waals surface area contributed by atoms with E-state index < -0.39 is 5.82 Å². The Balaban J connectivity index is 2.39. The highest BCUT2D eigenvalue weighted by Gasteiger charge is 2.00. The average molecular weight is 225 g/mol. The summed E-state index contributed by atoms with van der Waals surface area (Å²) < 4.78 is 26.0. The molecule has 1 aromatic carbocycles. The van der Waals surface area contributed by atoms with Crippen LogP contribution in [0.3, 0.4) is 0 Å². The van der Waals surface area contributed by atoms with Gasteiger partial charge >= 0.3 is 0 Å². The van der Waals surface area contributed by atoms with Crippen molar-refractivity contribution in [2.75, 3.05) is 13.1 Å². The van der Waals surface area contributed by atoms with Crippen molar-refractivity contribution in [3.8, 4) is 0 Å². The van der Waals surface area contributed by atoms with Gasteiger partial charge in [-0.05, 0) is 49.7 Å². The molecule has 1 rings (SSSR count). The van der Waals surface area contributed by atoms with E-state index in [0.717, 1.165) is 31.6 Å². The summed E-state index contributed by atoms with van der Waals surface area (Å²) in [5.41, 5.74) is 0.403. The molecule has 0 radical (unpaired) electrons. The second-order valence-corrected chi connectivity index (χ2v) is 3.55. The van der Waals surface area contributed by atoms with Crippen LogP contribution in [0.5, 0.6) is 0 Å². The van der Waals surface area contributed by atoms with Gasteiger partial charge < -0.3 is 5.32 Å². The monoisotopic (exact) mass is 225 g/mol. The highest BCUT2D eigenvalue weighted by atomic mass is 19.1. The van der Waals surface area contributed by atoms with Gasteiger partial charge in [0, 0.05) is 0 Å². The molecule has 3 heteroatoms. The fraction of sp³-hybridized carbons (Fsp3) is 0.385. The maximum Gasteiger partial charge on any atom is 0.126 e. The zero-order valence-electron chi connectivity index (χ0n) is 9.47. The van der Waals surface area contributed by atoms with Crippen molar-refractivity contribution < 1.29 is 8.78 Å². The van der Waals surface area contributed by atoms with Gasteiger partial charge in [0.25, 0.3) is 0 Å². The Kier molecular flexibility index (Phi) is 5.72. The van der Waals surface area contributed by atoms with Crippen molar-refractivity contribution in [2.24, 2.45) is 0 Å². The number of hydrogen-bond donors (Lipinski definition) is 1. The molecular formula is C13H17F2N. The second-order valence-electron chi connectivity index (χ2n) is 3.55. The third kappa shape index (κ3) is 4.53. The van der Waals surface area contributed by atoms with E-state index in [1.165, 1.54) is 6.07 Å². The van der Waals surface area contributed by atoms with E-state index in [0.29, 0.717) is 12.0 Å². The standard InChI is InChI=1S/C13H17F2N/c1-2-16-9-5-3-4-6-11-10-12(14)7-8-13(11)15/h3-4,7-8,10,16H,2,5-6,9H2,1H3. The zero-order valence-corrected chi connectivity index (χ0v) is 9.47. The Bertz CT molecular complexity index is 348. The number of nitrogens with one attached hydrogen (secondary N) is 1. The largest absolute Gasteiger partial charge is 0.317 e. The van der Waals surface area contributed by atoms with Crippen LogP contribution in [0.1, 0.15) is 18.9 Å². The van der Waals surface area contributed by atoms with Crippen molar-refractivity contribution in [3.05, 3.63) is 47.5 Å². The summed E-state index contributed by atoms with van der Waals surface area (Å²) in [6, 6.07) is 3.54. The van der Waals surface area contributed by atoms with Gasteiger partial charge in [-0.1, -0.05) is 19.1 Å². The lowest BCUT2D eigenvalue weighted by atomic mass is 10.1. The van der Waals surface area contributed by atoms with Crippen LogP contribution < -0.4 is 5.32 Å². The number of halogens is 2. The van der Waals surface area contributed by atoms with Crippen molar-refractivity contribution in [3.63, 3.8) is 0 Å². The molecule has 1 N–H and O–H groups in total. The van der Waals surface area contributed by atoms with Crippen LogP contribution in [0.25, 0.3) is 0 Å². The molecule has 0 atom stereocenters. The minimum Gasteiger partial charge on any atom is -0.317 e. The van der Waals surface area contributed by atoms with Crippen molar-refractivity contribution >= 4 is 0 Å². The van der Waals surface area contributed by atoms with Gasteiger partial charge in [0.05, 0.1) is 0 Å². The molecule has 0 aliphatic carbocycles. The maximum atomic E-state index is 13.2. The van der Waals surface area contributed by atoms with E-state index in [4.69, 9.17) is 0 Å². The molecule has 0 saturated carbocycles. The molecule has 0 saturated heterocycles. The first-order valence-corrected chi connectivity index (χ1v) is 5.53. The van der Waals surface area contributed by atoms with Gasteiger partial charge in [-0.3, -0.25) is 0 Å². The van der Waals surface area contributed by atoms with Gasteiger partial charge in [-0.2, -0.15) is 0 Å². The lowest BCUT2D eigenvalue weighted by molar-refractivity contribution is 0.589. The Morgan fingerprint density at radius 2 is 2.06 bits per heavy atom. The highest BCUT2D eigenvalue weighted by Crippen LogP contribution is 2.10. The van der Waals surface area contributed by atoms with Crippen LogP contribution in [0.4, 0.5) is 8.78 Å². The van der Waals surface area contributed by atoms with Crippen molar-refractivity contribution in [2.45, 2.75) is 19.8 Å². The summed E-state index contributed by atoms with van der Waals surface area (Å²) in [7, 11) is 0. The summed E-state index contributed by atoms with van der Waals surface area (Å²) >= 11 is 0. The van der Waals surface area contributed by atoms with Crippen molar-refractivity contribution in [1.29, 1.82) is 0 Å². The third-order valence-electron chi connectivity index (χ3n) is 2.25. The van der Waals surface area contributed by atoms with Crippen LogP contribution >= 0.6 is 0 Å². The maximum absolute atomic E-state index is 13.2. The zero-order chi connectivity index (χ0) is 11.8. The Morgan fingerprint density at radius 1 is 1.25 bits per heavy atom. The fourth-order valence-electron chi connectivity index (χ4n) is 1.39. The second kappa shape index (κ2) is 7.12. The van der Waals surface area contributed by atoms with Crippen molar-refractivity contribution in [1.82, 2.24) is 5.32 Å². The molecule has 1 nitrogen and oxygen atoms in total. The normalized spacial score (nSPS) is 11.2. The number of rotatable bonds is 6. The lowest BCUT2D eigenvalue weighted by Crippen LogP contribution is -2.12. The molecule has 16 heavy (non-hydrogen) atoms. The van der Waals surface area contributed by atoms with Crippen LogP contribution in [-0.2, 0) is 6.42 Å². The molecule has 0 amide bonds. The molecule has 0 aliphatic rings. The topological polar surface area (TPSA) is 12.0 Å². The number of benzene rings is 1. The molecular weight excluding hydrogens is 208 g/mol. The fourth-order valence-corrected chi connectivity index (χ4v) is 1.39. The molecule has 0 fully saturated rings.